The van der Waals surface area contributed by atoms with Crippen LogP contribution >= 0.6 is 0 Å². The van der Waals surface area contributed by atoms with Crippen molar-refractivity contribution in [3.8, 4) is 0 Å². The molecular formula is C8H16O6. The van der Waals surface area contributed by atoms with Crippen molar-refractivity contribution >= 4 is 0 Å². The predicted molar refractivity (Wildman–Crippen MR) is 45.4 cm³/mol. The third kappa shape index (κ3) is 2.22. The molecule has 1 aliphatic heterocycles. The molecule has 1 fully saturated rings. The Balaban J connectivity index is 2.63. The second-order valence-corrected chi connectivity index (χ2v) is 3.15. The second kappa shape index (κ2) is 5.01. The van der Waals surface area contributed by atoms with Gasteiger partial charge in [0, 0.05) is 6.61 Å². The normalized spacial score (nSPS) is 43.9. The Morgan fingerprint density at radius 2 is 1.79 bits per heavy atom. The van der Waals surface area contributed by atoms with E-state index in [2.05, 4.69) is 0 Å². The van der Waals surface area contributed by atoms with Crippen LogP contribution in [-0.2, 0) is 9.47 Å². The van der Waals surface area contributed by atoms with Gasteiger partial charge in [0.25, 0.3) is 0 Å². The molecule has 1 aliphatic rings. The maximum atomic E-state index is 9.41. The number of hydrogen-bond acceptors (Lipinski definition) is 6. The van der Waals surface area contributed by atoms with Crippen LogP contribution in [0.3, 0.4) is 0 Å². The molecule has 0 aromatic heterocycles. The van der Waals surface area contributed by atoms with Gasteiger partial charge in [-0.3, -0.25) is 0 Å². The number of aliphatic hydroxyl groups excluding tert-OH is 4. The summed E-state index contributed by atoms with van der Waals surface area (Å²) in [6, 6.07) is 0. The van der Waals surface area contributed by atoms with E-state index in [1.54, 1.807) is 6.92 Å². The van der Waals surface area contributed by atoms with E-state index in [1.165, 1.54) is 0 Å². The van der Waals surface area contributed by atoms with Gasteiger partial charge in [-0.05, 0) is 6.92 Å². The van der Waals surface area contributed by atoms with Crippen LogP contribution in [0.5, 0.6) is 0 Å². The van der Waals surface area contributed by atoms with Crippen molar-refractivity contribution in [3.63, 3.8) is 0 Å². The maximum Gasteiger partial charge on any atom is 0.186 e. The molecule has 0 aromatic carbocycles. The minimum atomic E-state index is -1.36. The first-order valence-corrected chi connectivity index (χ1v) is 4.54. The lowest BCUT2D eigenvalue weighted by Gasteiger charge is -2.39. The third-order valence-corrected chi connectivity index (χ3v) is 2.18. The summed E-state index contributed by atoms with van der Waals surface area (Å²) in [5.41, 5.74) is 0. The van der Waals surface area contributed by atoms with Gasteiger partial charge in [0.2, 0.25) is 0 Å². The van der Waals surface area contributed by atoms with Crippen molar-refractivity contribution in [1.29, 1.82) is 0 Å². The Kier molecular flexibility index (Phi) is 4.24. The lowest BCUT2D eigenvalue weighted by atomic mass is 9.99. The van der Waals surface area contributed by atoms with Crippen LogP contribution in [0.1, 0.15) is 6.92 Å². The molecule has 0 aliphatic carbocycles. The van der Waals surface area contributed by atoms with Crippen molar-refractivity contribution < 1.29 is 29.9 Å². The van der Waals surface area contributed by atoms with Crippen LogP contribution in [0.2, 0.25) is 0 Å². The molecule has 4 N–H and O–H groups in total. The van der Waals surface area contributed by atoms with Gasteiger partial charge in [-0.2, -0.15) is 0 Å². The molecule has 0 saturated carbocycles. The Morgan fingerprint density at radius 1 is 1.14 bits per heavy atom. The molecule has 0 spiro atoms. The Hall–Kier alpha value is -0.240. The molecule has 5 atom stereocenters. The molecule has 2 unspecified atom stereocenters. The molecule has 0 bridgehead atoms. The maximum absolute atomic E-state index is 9.41. The van der Waals surface area contributed by atoms with E-state index in [9.17, 15) is 15.3 Å². The van der Waals surface area contributed by atoms with Crippen molar-refractivity contribution in [3.05, 3.63) is 0 Å². The fourth-order valence-electron chi connectivity index (χ4n) is 1.37. The average molecular weight is 208 g/mol. The summed E-state index contributed by atoms with van der Waals surface area (Å²) in [5, 5.41) is 36.9. The van der Waals surface area contributed by atoms with Gasteiger partial charge < -0.3 is 29.9 Å². The molecule has 1 heterocycles. The van der Waals surface area contributed by atoms with E-state index in [1.807, 2.05) is 0 Å². The fourth-order valence-corrected chi connectivity index (χ4v) is 1.37. The zero-order valence-corrected chi connectivity index (χ0v) is 7.91. The molecule has 1 rings (SSSR count). The van der Waals surface area contributed by atoms with Gasteiger partial charge in [-0.1, -0.05) is 0 Å². The molecule has 14 heavy (non-hydrogen) atoms. The van der Waals surface area contributed by atoms with Gasteiger partial charge in [0.05, 0.1) is 6.61 Å². The highest BCUT2D eigenvalue weighted by atomic mass is 16.7. The second-order valence-electron chi connectivity index (χ2n) is 3.15. The van der Waals surface area contributed by atoms with Crippen LogP contribution < -0.4 is 0 Å². The number of ether oxygens (including phenoxy) is 2. The number of aliphatic hydroxyl groups is 4. The minimum absolute atomic E-state index is 0.308. The number of hydrogen-bond donors (Lipinski definition) is 4. The topological polar surface area (TPSA) is 99.4 Å². The van der Waals surface area contributed by atoms with Crippen LogP contribution in [0.4, 0.5) is 0 Å². The lowest BCUT2D eigenvalue weighted by Crippen LogP contribution is -2.59. The summed E-state index contributed by atoms with van der Waals surface area (Å²) in [5.74, 6) is 0. The third-order valence-electron chi connectivity index (χ3n) is 2.18. The zero-order chi connectivity index (χ0) is 10.7. The van der Waals surface area contributed by atoms with Crippen molar-refractivity contribution in [1.82, 2.24) is 0 Å². The van der Waals surface area contributed by atoms with Crippen molar-refractivity contribution in [2.24, 2.45) is 0 Å². The van der Waals surface area contributed by atoms with Crippen molar-refractivity contribution in [2.45, 2.75) is 37.6 Å². The Morgan fingerprint density at radius 3 is 2.29 bits per heavy atom. The molecular weight excluding hydrogens is 192 g/mol. The highest BCUT2D eigenvalue weighted by molar-refractivity contribution is 4.88. The summed E-state index contributed by atoms with van der Waals surface area (Å²) < 4.78 is 10.0. The van der Waals surface area contributed by atoms with Gasteiger partial charge in [-0.15, -0.1) is 0 Å². The van der Waals surface area contributed by atoms with E-state index in [0.29, 0.717) is 6.61 Å². The molecule has 0 amide bonds. The van der Waals surface area contributed by atoms with E-state index in [-0.39, 0.29) is 0 Å². The molecule has 0 aromatic rings. The quantitative estimate of drug-likeness (QED) is 0.421. The summed E-state index contributed by atoms with van der Waals surface area (Å²) in [7, 11) is 0. The van der Waals surface area contributed by atoms with Crippen LogP contribution in [0, 0.1) is 0 Å². The monoisotopic (exact) mass is 208 g/mol. The van der Waals surface area contributed by atoms with Crippen LogP contribution in [0.25, 0.3) is 0 Å². The minimum Gasteiger partial charge on any atom is -0.394 e. The standard InChI is InChI=1S/C8H16O6/c1-2-13-8-7(12)6(11)5(10)4(3-9)14-8/h4-12H,2-3H2,1H3/t4?,5-,6?,7+,8-/m1/s1. The molecule has 1 saturated heterocycles. The summed E-state index contributed by atoms with van der Waals surface area (Å²) in [6.07, 6.45) is -5.89. The molecule has 84 valence electrons. The highest BCUT2D eigenvalue weighted by Gasteiger charge is 2.43. The summed E-state index contributed by atoms with van der Waals surface area (Å²) >= 11 is 0. The van der Waals surface area contributed by atoms with Crippen LogP contribution in [-0.4, -0.2) is 64.3 Å². The highest BCUT2D eigenvalue weighted by Crippen LogP contribution is 2.21. The van der Waals surface area contributed by atoms with Gasteiger partial charge in [-0.25, -0.2) is 0 Å². The van der Waals surface area contributed by atoms with E-state index < -0.39 is 37.3 Å². The fraction of sp³-hybridized carbons (Fsp3) is 1.00. The average Bonchev–Trinajstić information content (AvgIpc) is 2.19. The first-order chi connectivity index (χ1) is 6.61. The molecule has 6 nitrogen and oxygen atoms in total. The van der Waals surface area contributed by atoms with E-state index in [0.717, 1.165) is 0 Å². The Labute approximate surface area is 81.7 Å². The summed E-state index contributed by atoms with van der Waals surface area (Å²) in [6.45, 7) is 1.58. The van der Waals surface area contributed by atoms with Gasteiger partial charge in [0.15, 0.2) is 6.29 Å². The van der Waals surface area contributed by atoms with Gasteiger partial charge >= 0.3 is 0 Å². The van der Waals surface area contributed by atoms with Crippen LogP contribution in [0.15, 0.2) is 0 Å². The zero-order valence-electron chi connectivity index (χ0n) is 7.91. The SMILES string of the molecule is CCO[C@@H]1OC(CO)[C@@H](O)C(O)[C@@H]1O. The first-order valence-electron chi connectivity index (χ1n) is 4.54. The van der Waals surface area contributed by atoms with Crippen molar-refractivity contribution in [2.75, 3.05) is 13.2 Å². The van der Waals surface area contributed by atoms with E-state index >= 15 is 0 Å². The molecule has 0 radical (unpaired) electrons. The lowest BCUT2D eigenvalue weighted by molar-refractivity contribution is -0.300. The smallest absolute Gasteiger partial charge is 0.186 e. The largest absolute Gasteiger partial charge is 0.394 e. The summed E-state index contributed by atoms with van der Waals surface area (Å²) in [4.78, 5) is 0. The molecule has 6 heteroatoms. The Bertz CT molecular complexity index is 171. The first kappa shape index (κ1) is 11.8. The number of rotatable bonds is 3. The predicted octanol–water partition coefficient (Wildman–Crippen LogP) is -2.18. The van der Waals surface area contributed by atoms with Gasteiger partial charge in [0.1, 0.15) is 24.4 Å². The van der Waals surface area contributed by atoms with E-state index in [4.69, 9.17) is 14.6 Å².